The smallest absolute Gasteiger partial charge is 0.269 e. The van der Waals surface area contributed by atoms with Gasteiger partial charge in [0.25, 0.3) is 21.6 Å². The number of nitro benzene ring substituents is 1. The molecule has 0 heterocycles. The molecular formula is C28H22Cl2N4O6S. The van der Waals surface area contributed by atoms with Gasteiger partial charge in [-0.3, -0.25) is 19.2 Å². The van der Waals surface area contributed by atoms with Crippen molar-refractivity contribution in [1.29, 1.82) is 0 Å². The Labute approximate surface area is 246 Å². The largest absolute Gasteiger partial charge is 0.489 e. The first-order valence-corrected chi connectivity index (χ1v) is 14.1. The minimum atomic E-state index is -4.14. The number of hydrazone groups is 1. The predicted molar refractivity (Wildman–Crippen MR) is 157 cm³/mol. The quantitative estimate of drug-likeness (QED) is 0.129. The van der Waals surface area contributed by atoms with Gasteiger partial charge in [-0.1, -0.05) is 29.3 Å². The van der Waals surface area contributed by atoms with Crippen LogP contribution in [-0.2, 0) is 21.4 Å². The Bertz CT molecular complexity index is 1660. The zero-order chi connectivity index (χ0) is 29.4. The Kier molecular flexibility index (Phi) is 9.56. The molecule has 0 fully saturated rings. The van der Waals surface area contributed by atoms with Gasteiger partial charge in [0.05, 0.1) is 21.7 Å². The summed E-state index contributed by atoms with van der Waals surface area (Å²) in [5.74, 6) is -0.115. The molecule has 210 valence electrons. The topological polar surface area (TPSA) is 131 Å². The maximum atomic E-state index is 13.4. The monoisotopic (exact) mass is 612 g/mol. The van der Waals surface area contributed by atoms with Gasteiger partial charge in [-0.05, 0) is 90.0 Å². The molecule has 10 nitrogen and oxygen atoms in total. The molecule has 0 aliphatic heterocycles. The number of rotatable bonds is 11. The number of carbonyl (C=O) groups is 1. The lowest BCUT2D eigenvalue weighted by Gasteiger charge is -2.23. The summed E-state index contributed by atoms with van der Waals surface area (Å²) in [7, 11) is -4.14. The van der Waals surface area contributed by atoms with Gasteiger partial charge in [0, 0.05) is 22.2 Å². The number of ether oxygens (including phenoxy) is 1. The number of anilines is 1. The van der Waals surface area contributed by atoms with Gasteiger partial charge in [0.2, 0.25) is 0 Å². The molecule has 1 amide bonds. The number of amides is 1. The number of carbonyl (C=O) groups excluding carboxylic acids is 1. The van der Waals surface area contributed by atoms with Gasteiger partial charge >= 0.3 is 0 Å². The summed E-state index contributed by atoms with van der Waals surface area (Å²) in [6, 6.07) is 24.6. The SMILES string of the molecule is O=C(CN(c1cccc(Cl)c1)S(=O)(=O)c1ccc(Cl)cc1)N/N=C\c1ccc(OCc2ccc([N+](=O)[O-])cc2)cc1. The third-order valence-electron chi connectivity index (χ3n) is 5.62. The Morgan fingerprint density at radius 2 is 1.63 bits per heavy atom. The second kappa shape index (κ2) is 13.3. The number of nitrogens with zero attached hydrogens (tertiary/aromatic N) is 3. The molecule has 0 radical (unpaired) electrons. The van der Waals surface area contributed by atoms with Gasteiger partial charge in [0.1, 0.15) is 18.9 Å². The van der Waals surface area contributed by atoms with E-state index < -0.39 is 27.4 Å². The maximum absolute atomic E-state index is 13.4. The Balaban J connectivity index is 1.38. The standard InChI is InChI=1S/C28H22Cl2N4O6S/c29-22-8-14-27(15-9-22)41(38,39)33(25-3-1-2-23(30)16-25)18-28(35)32-31-17-20-6-12-26(13-7-20)40-19-21-4-10-24(11-5-21)34(36)37/h1-17H,18-19H2,(H,32,35)/b31-17-. The second-order valence-corrected chi connectivity index (χ2v) is 11.3. The zero-order valence-corrected chi connectivity index (χ0v) is 23.5. The van der Waals surface area contributed by atoms with E-state index in [0.717, 1.165) is 9.87 Å². The summed E-state index contributed by atoms with van der Waals surface area (Å²) in [6.07, 6.45) is 1.40. The molecular weight excluding hydrogens is 591 g/mol. The Hall–Kier alpha value is -4.45. The van der Waals surface area contributed by atoms with Gasteiger partial charge in [-0.25, -0.2) is 13.8 Å². The van der Waals surface area contributed by atoms with E-state index in [2.05, 4.69) is 10.5 Å². The highest BCUT2D eigenvalue weighted by Gasteiger charge is 2.27. The first-order chi connectivity index (χ1) is 19.6. The molecule has 0 aliphatic carbocycles. The van der Waals surface area contributed by atoms with Gasteiger partial charge in [-0.15, -0.1) is 0 Å². The van der Waals surface area contributed by atoms with Crippen LogP contribution in [0.4, 0.5) is 11.4 Å². The highest BCUT2D eigenvalue weighted by atomic mass is 35.5. The van der Waals surface area contributed by atoms with Gasteiger partial charge < -0.3 is 4.74 Å². The van der Waals surface area contributed by atoms with E-state index in [0.29, 0.717) is 21.4 Å². The lowest BCUT2D eigenvalue weighted by atomic mass is 10.2. The van der Waals surface area contributed by atoms with Crippen molar-refractivity contribution in [2.75, 3.05) is 10.8 Å². The lowest BCUT2D eigenvalue weighted by Crippen LogP contribution is -2.39. The average molecular weight is 613 g/mol. The average Bonchev–Trinajstić information content (AvgIpc) is 2.96. The van der Waals surface area contributed by atoms with E-state index in [-0.39, 0.29) is 22.9 Å². The number of nitro groups is 1. The van der Waals surface area contributed by atoms with Gasteiger partial charge in [0.15, 0.2) is 0 Å². The highest BCUT2D eigenvalue weighted by Crippen LogP contribution is 2.27. The molecule has 1 N–H and O–H groups in total. The van der Waals surface area contributed by atoms with Crippen LogP contribution in [0, 0.1) is 10.1 Å². The summed E-state index contributed by atoms with van der Waals surface area (Å²) >= 11 is 12.0. The number of halogens is 2. The summed E-state index contributed by atoms with van der Waals surface area (Å²) in [6.45, 7) is -0.332. The number of sulfonamides is 1. The first-order valence-electron chi connectivity index (χ1n) is 11.9. The molecule has 0 atom stereocenters. The van der Waals surface area contributed by atoms with Crippen LogP contribution in [0.1, 0.15) is 11.1 Å². The van der Waals surface area contributed by atoms with E-state index in [4.69, 9.17) is 27.9 Å². The van der Waals surface area contributed by atoms with E-state index in [9.17, 15) is 23.3 Å². The molecule has 0 aliphatic rings. The molecule has 0 bridgehead atoms. The normalized spacial score (nSPS) is 11.3. The molecule has 13 heteroatoms. The van der Waals surface area contributed by atoms with E-state index in [1.165, 1.54) is 54.7 Å². The third kappa shape index (κ3) is 8.04. The molecule has 0 saturated carbocycles. The Morgan fingerprint density at radius 1 is 0.951 bits per heavy atom. The van der Waals surface area contributed by atoms with Crippen molar-refractivity contribution in [2.45, 2.75) is 11.5 Å². The van der Waals surface area contributed by atoms with E-state index in [1.54, 1.807) is 48.5 Å². The molecule has 0 aromatic heterocycles. The van der Waals surface area contributed by atoms with Crippen molar-refractivity contribution >= 4 is 56.7 Å². The zero-order valence-electron chi connectivity index (χ0n) is 21.2. The fourth-order valence-electron chi connectivity index (χ4n) is 3.56. The van der Waals surface area contributed by atoms with Crippen LogP contribution < -0.4 is 14.5 Å². The van der Waals surface area contributed by atoms with Crippen molar-refractivity contribution in [3.63, 3.8) is 0 Å². The molecule has 4 aromatic rings. The molecule has 0 saturated heterocycles. The highest BCUT2D eigenvalue weighted by molar-refractivity contribution is 7.92. The third-order valence-corrected chi connectivity index (χ3v) is 7.90. The van der Waals surface area contributed by atoms with Crippen LogP contribution in [0.25, 0.3) is 0 Å². The summed E-state index contributed by atoms with van der Waals surface area (Å²) < 4.78 is 33.4. The van der Waals surface area contributed by atoms with Crippen molar-refractivity contribution < 1.29 is 22.9 Å². The van der Waals surface area contributed by atoms with Crippen LogP contribution in [0.3, 0.4) is 0 Å². The summed E-state index contributed by atoms with van der Waals surface area (Å²) in [4.78, 5) is 23.0. The van der Waals surface area contributed by atoms with Crippen LogP contribution in [0.5, 0.6) is 5.75 Å². The molecule has 0 unspecified atom stereocenters. The number of non-ortho nitro benzene ring substituents is 1. The van der Waals surface area contributed by atoms with Crippen molar-refractivity contribution in [3.8, 4) is 5.75 Å². The van der Waals surface area contributed by atoms with Crippen LogP contribution in [-0.4, -0.2) is 32.0 Å². The molecule has 41 heavy (non-hydrogen) atoms. The maximum Gasteiger partial charge on any atom is 0.269 e. The minimum absolute atomic E-state index is 0.00447. The fourth-order valence-corrected chi connectivity index (χ4v) is 5.28. The number of hydrogen-bond donors (Lipinski definition) is 1. The number of benzene rings is 4. The molecule has 4 aromatic carbocycles. The van der Waals surface area contributed by atoms with Crippen molar-refractivity contribution in [2.24, 2.45) is 5.10 Å². The van der Waals surface area contributed by atoms with Gasteiger partial charge in [-0.2, -0.15) is 5.10 Å². The molecule has 0 spiro atoms. The number of hydrogen-bond acceptors (Lipinski definition) is 7. The minimum Gasteiger partial charge on any atom is -0.489 e. The van der Waals surface area contributed by atoms with Crippen LogP contribution in [0.15, 0.2) is 107 Å². The van der Waals surface area contributed by atoms with Crippen molar-refractivity contribution in [1.82, 2.24) is 5.43 Å². The van der Waals surface area contributed by atoms with Crippen LogP contribution in [0.2, 0.25) is 10.0 Å². The van der Waals surface area contributed by atoms with Crippen molar-refractivity contribution in [3.05, 3.63) is 128 Å². The predicted octanol–water partition coefficient (Wildman–Crippen LogP) is 5.83. The second-order valence-electron chi connectivity index (χ2n) is 8.52. The number of nitrogens with one attached hydrogen (secondary N) is 1. The summed E-state index contributed by atoms with van der Waals surface area (Å²) in [5.41, 5.74) is 3.97. The summed E-state index contributed by atoms with van der Waals surface area (Å²) in [5, 5.41) is 15.4. The van der Waals surface area contributed by atoms with Crippen LogP contribution >= 0.6 is 23.2 Å². The fraction of sp³-hybridized carbons (Fsp3) is 0.0714. The molecule has 4 rings (SSSR count). The van der Waals surface area contributed by atoms with E-state index >= 15 is 0 Å². The van der Waals surface area contributed by atoms with E-state index in [1.807, 2.05) is 0 Å². The first kappa shape index (κ1) is 29.5. The lowest BCUT2D eigenvalue weighted by molar-refractivity contribution is -0.384. The Morgan fingerprint density at radius 3 is 2.27 bits per heavy atom.